The number of likely N-dealkylation sites (tertiary alicyclic amines) is 1. The minimum atomic E-state index is -0.0198. The quantitative estimate of drug-likeness (QED) is 0.380. The first-order valence-electron chi connectivity index (χ1n) is 13.2. The number of hydrogen-bond acceptors (Lipinski definition) is 3. The Balaban J connectivity index is 1.19. The summed E-state index contributed by atoms with van der Waals surface area (Å²) in [6.45, 7) is 4.65. The lowest BCUT2D eigenvalue weighted by Crippen LogP contribution is -2.40. The predicted molar refractivity (Wildman–Crippen MR) is 147 cm³/mol. The van der Waals surface area contributed by atoms with Crippen LogP contribution < -0.4 is 5.32 Å². The Hall–Kier alpha value is -3.93. The maximum absolute atomic E-state index is 13.1. The highest BCUT2D eigenvalue weighted by atomic mass is 16.2. The van der Waals surface area contributed by atoms with Gasteiger partial charge in [-0.15, -0.1) is 0 Å². The molecule has 190 valence electrons. The lowest BCUT2D eigenvalue weighted by molar-refractivity contribution is -0.133. The lowest BCUT2D eigenvalue weighted by Gasteiger charge is -2.30. The van der Waals surface area contributed by atoms with Crippen molar-refractivity contribution in [2.24, 2.45) is 5.92 Å². The molecule has 0 radical (unpaired) electrons. The van der Waals surface area contributed by atoms with Gasteiger partial charge in [-0.25, -0.2) is 4.98 Å². The summed E-state index contributed by atoms with van der Waals surface area (Å²) in [5.41, 5.74) is 5.11. The number of imidazole rings is 1. The number of benzene rings is 3. The number of rotatable bonds is 8. The molecule has 2 heterocycles. The van der Waals surface area contributed by atoms with Gasteiger partial charge >= 0.3 is 0 Å². The van der Waals surface area contributed by atoms with E-state index in [4.69, 9.17) is 4.98 Å². The Morgan fingerprint density at radius 3 is 2.32 bits per heavy atom. The smallest absolute Gasteiger partial charge is 0.242 e. The third-order valence-corrected chi connectivity index (χ3v) is 7.26. The fourth-order valence-electron chi connectivity index (χ4n) is 4.99. The summed E-state index contributed by atoms with van der Waals surface area (Å²) in [4.78, 5) is 32.5. The molecule has 1 fully saturated rings. The van der Waals surface area contributed by atoms with E-state index >= 15 is 0 Å². The molecule has 4 aromatic rings. The molecule has 0 unspecified atom stereocenters. The first kappa shape index (κ1) is 24.8. The molecule has 0 atom stereocenters. The van der Waals surface area contributed by atoms with Crippen molar-refractivity contribution >= 4 is 22.8 Å². The summed E-state index contributed by atoms with van der Waals surface area (Å²) in [5.74, 6) is 1.62. The normalized spacial score (nSPS) is 14.1. The summed E-state index contributed by atoms with van der Waals surface area (Å²) in [6.07, 6.45) is 3.02. The van der Waals surface area contributed by atoms with Gasteiger partial charge in [0.15, 0.2) is 0 Å². The maximum Gasteiger partial charge on any atom is 0.242 e. The molecule has 2 amide bonds. The van der Waals surface area contributed by atoms with Crippen molar-refractivity contribution in [1.29, 1.82) is 0 Å². The number of carbonyl (C=O) groups is 2. The van der Waals surface area contributed by atoms with Crippen molar-refractivity contribution in [3.05, 3.63) is 90.3 Å². The van der Waals surface area contributed by atoms with Crippen molar-refractivity contribution in [3.63, 3.8) is 0 Å². The van der Waals surface area contributed by atoms with E-state index in [1.165, 1.54) is 0 Å². The van der Waals surface area contributed by atoms with Crippen LogP contribution in [0.2, 0.25) is 0 Å². The minimum Gasteiger partial charge on any atom is -0.355 e. The van der Waals surface area contributed by atoms with Crippen molar-refractivity contribution in [2.75, 3.05) is 19.6 Å². The van der Waals surface area contributed by atoms with Gasteiger partial charge < -0.3 is 14.8 Å². The standard InChI is InChI=1S/C31H34N4O2/c1-23-16-19-34(20-17-23)31(37)22-35-28-10-6-5-9-27(28)33-29(35)15-18-32-30(36)21-24-11-13-26(14-12-24)25-7-3-2-4-8-25/h2-14,23H,15-22H2,1H3,(H,32,36). The molecule has 6 heteroatoms. The van der Waals surface area contributed by atoms with Gasteiger partial charge in [0.1, 0.15) is 12.4 Å². The number of nitrogens with zero attached hydrogens (tertiary/aromatic N) is 3. The zero-order chi connectivity index (χ0) is 25.6. The Morgan fingerprint density at radius 2 is 1.57 bits per heavy atom. The van der Waals surface area contributed by atoms with E-state index < -0.39 is 0 Å². The van der Waals surface area contributed by atoms with E-state index in [0.717, 1.165) is 59.5 Å². The molecule has 0 spiro atoms. The average Bonchev–Trinajstić information content (AvgIpc) is 3.27. The van der Waals surface area contributed by atoms with Crippen molar-refractivity contribution < 1.29 is 9.59 Å². The second kappa shape index (κ2) is 11.4. The molecule has 6 nitrogen and oxygen atoms in total. The fourth-order valence-corrected chi connectivity index (χ4v) is 4.99. The fraction of sp³-hybridized carbons (Fsp3) is 0.323. The van der Waals surface area contributed by atoms with E-state index in [9.17, 15) is 9.59 Å². The van der Waals surface area contributed by atoms with Gasteiger partial charge in [0.05, 0.1) is 17.5 Å². The minimum absolute atomic E-state index is 0.0198. The van der Waals surface area contributed by atoms with Crippen LogP contribution in [-0.2, 0) is 29.0 Å². The third kappa shape index (κ3) is 6.08. The molecule has 0 aliphatic carbocycles. The second-order valence-electron chi connectivity index (χ2n) is 10.0. The van der Waals surface area contributed by atoms with Gasteiger partial charge in [-0.1, -0.05) is 73.7 Å². The number of carbonyl (C=O) groups excluding carboxylic acids is 2. The molecule has 1 N–H and O–H groups in total. The molecule has 3 aromatic carbocycles. The van der Waals surface area contributed by atoms with Crippen molar-refractivity contribution in [2.45, 2.75) is 39.2 Å². The topological polar surface area (TPSA) is 67.2 Å². The van der Waals surface area contributed by atoms with Crippen LogP contribution in [0, 0.1) is 5.92 Å². The molecule has 0 saturated carbocycles. The number of aromatic nitrogens is 2. The van der Waals surface area contributed by atoms with Crippen LogP contribution in [0.1, 0.15) is 31.2 Å². The van der Waals surface area contributed by atoms with E-state index in [1.807, 2.05) is 64.1 Å². The highest BCUT2D eigenvalue weighted by Crippen LogP contribution is 2.21. The number of nitrogens with one attached hydrogen (secondary N) is 1. The number of para-hydroxylation sites is 2. The molecule has 1 saturated heterocycles. The lowest BCUT2D eigenvalue weighted by atomic mass is 9.99. The van der Waals surface area contributed by atoms with Gasteiger partial charge in [0.2, 0.25) is 11.8 Å². The van der Waals surface area contributed by atoms with E-state index in [2.05, 4.69) is 36.5 Å². The van der Waals surface area contributed by atoms with Gasteiger partial charge in [-0.05, 0) is 47.6 Å². The highest BCUT2D eigenvalue weighted by Gasteiger charge is 2.22. The molecule has 5 rings (SSSR count). The van der Waals surface area contributed by atoms with Gasteiger partial charge in [-0.3, -0.25) is 9.59 Å². The second-order valence-corrected chi connectivity index (χ2v) is 10.0. The summed E-state index contributed by atoms with van der Waals surface area (Å²) >= 11 is 0. The number of piperidine rings is 1. The maximum atomic E-state index is 13.1. The Bertz CT molecular complexity index is 1350. The molecule has 37 heavy (non-hydrogen) atoms. The first-order valence-corrected chi connectivity index (χ1v) is 13.2. The van der Waals surface area contributed by atoms with E-state index in [0.29, 0.717) is 25.3 Å². The highest BCUT2D eigenvalue weighted by molar-refractivity contribution is 5.81. The van der Waals surface area contributed by atoms with E-state index in [1.54, 1.807) is 0 Å². The zero-order valence-corrected chi connectivity index (χ0v) is 21.4. The molecule has 1 aromatic heterocycles. The molecular weight excluding hydrogens is 460 g/mol. The molecule has 1 aliphatic heterocycles. The van der Waals surface area contributed by atoms with Gasteiger partial charge in [-0.2, -0.15) is 0 Å². The number of fused-ring (bicyclic) bond motifs is 1. The third-order valence-electron chi connectivity index (χ3n) is 7.26. The van der Waals surface area contributed by atoms with Crippen LogP contribution in [0.25, 0.3) is 22.2 Å². The summed E-state index contributed by atoms with van der Waals surface area (Å²) in [6, 6.07) is 26.3. The largest absolute Gasteiger partial charge is 0.355 e. The van der Waals surface area contributed by atoms with Crippen LogP contribution in [0.15, 0.2) is 78.9 Å². The Labute approximate surface area is 218 Å². The van der Waals surface area contributed by atoms with Crippen LogP contribution >= 0.6 is 0 Å². The van der Waals surface area contributed by atoms with E-state index in [-0.39, 0.29) is 18.4 Å². The molecular formula is C31H34N4O2. The summed E-state index contributed by atoms with van der Waals surface area (Å²) in [5, 5.41) is 3.03. The number of hydrogen-bond donors (Lipinski definition) is 1. The van der Waals surface area contributed by atoms with Crippen LogP contribution in [0.3, 0.4) is 0 Å². The zero-order valence-electron chi connectivity index (χ0n) is 21.4. The first-order chi connectivity index (χ1) is 18.1. The predicted octanol–water partition coefficient (Wildman–Crippen LogP) is 4.86. The summed E-state index contributed by atoms with van der Waals surface area (Å²) < 4.78 is 2.02. The Kier molecular flexibility index (Phi) is 7.64. The average molecular weight is 495 g/mol. The monoisotopic (exact) mass is 494 g/mol. The van der Waals surface area contributed by atoms with Crippen molar-refractivity contribution in [3.8, 4) is 11.1 Å². The van der Waals surface area contributed by atoms with Crippen LogP contribution in [0.5, 0.6) is 0 Å². The van der Waals surface area contributed by atoms with Gasteiger partial charge in [0.25, 0.3) is 0 Å². The van der Waals surface area contributed by atoms with Crippen molar-refractivity contribution in [1.82, 2.24) is 19.8 Å². The SMILES string of the molecule is CC1CCN(C(=O)Cn2c(CCNC(=O)Cc3ccc(-c4ccccc4)cc3)nc3ccccc32)CC1. The Morgan fingerprint density at radius 1 is 0.892 bits per heavy atom. The van der Waals surface area contributed by atoms with Gasteiger partial charge in [0, 0.05) is 26.1 Å². The summed E-state index contributed by atoms with van der Waals surface area (Å²) in [7, 11) is 0. The molecule has 0 bridgehead atoms. The van der Waals surface area contributed by atoms with Crippen LogP contribution in [-0.4, -0.2) is 45.9 Å². The molecule has 1 aliphatic rings. The number of amides is 2. The van der Waals surface area contributed by atoms with Crippen LogP contribution in [0.4, 0.5) is 0 Å².